The summed E-state index contributed by atoms with van der Waals surface area (Å²) in [4.78, 5) is 4.66. The molecule has 0 aliphatic heterocycles. The number of aliphatic hydroxyl groups is 1. The van der Waals surface area contributed by atoms with Gasteiger partial charge in [-0.2, -0.15) is 0 Å². The number of hydrogen-bond donors (Lipinski definition) is 3. The van der Waals surface area contributed by atoms with Gasteiger partial charge in [0.05, 0.1) is 13.7 Å². The molecule has 150 valence electrons. The van der Waals surface area contributed by atoms with Gasteiger partial charge in [-0.25, -0.2) is 4.99 Å². The predicted molar refractivity (Wildman–Crippen MR) is 121 cm³/mol. The zero-order valence-electron chi connectivity index (χ0n) is 16.3. The van der Waals surface area contributed by atoms with E-state index in [1.54, 1.807) is 13.2 Å². The predicted octanol–water partition coefficient (Wildman–Crippen LogP) is 4.21. The Balaban J connectivity index is 0.00000625. The normalized spacial score (nSPS) is 11.7. The van der Waals surface area contributed by atoms with E-state index in [4.69, 9.17) is 16.3 Å². The highest BCUT2D eigenvalue weighted by molar-refractivity contribution is 14.0. The third-order valence-corrected chi connectivity index (χ3v) is 5.01. The number of hydrogen-bond acceptors (Lipinski definition) is 3. The van der Waals surface area contributed by atoms with Gasteiger partial charge in [-0.15, -0.1) is 24.0 Å². The van der Waals surface area contributed by atoms with Gasteiger partial charge in [0.1, 0.15) is 5.75 Å². The zero-order chi connectivity index (χ0) is 18.7. The molecule has 0 unspecified atom stereocenters. The highest BCUT2D eigenvalue weighted by Gasteiger charge is 2.25. The molecule has 3 N–H and O–H groups in total. The highest BCUT2D eigenvalue weighted by atomic mass is 127. The number of aliphatic hydroxyl groups excluding tert-OH is 1. The van der Waals surface area contributed by atoms with E-state index in [0.29, 0.717) is 11.6 Å². The maximum absolute atomic E-state index is 9.37. The summed E-state index contributed by atoms with van der Waals surface area (Å²) in [5, 5.41) is 16.7. The monoisotopic (exact) mass is 497 g/mol. The molecule has 0 saturated heterocycles. The molecule has 26 heavy (non-hydrogen) atoms. The number of methoxy groups -OCH3 is 1. The van der Waals surface area contributed by atoms with Gasteiger partial charge < -0.3 is 20.5 Å². The Labute approximate surface area is 180 Å². The molecule has 0 saturated carbocycles. The van der Waals surface area contributed by atoms with Crippen LogP contribution in [-0.4, -0.2) is 37.9 Å². The molecule has 1 aromatic rings. The number of rotatable bonds is 10. The van der Waals surface area contributed by atoms with Gasteiger partial charge in [-0.1, -0.05) is 31.5 Å². The van der Waals surface area contributed by atoms with Crippen molar-refractivity contribution in [2.45, 2.75) is 46.6 Å². The maximum atomic E-state index is 9.37. The van der Waals surface area contributed by atoms with Crippen LogP contribution in [0.3, 0.4) is 0 Å². The summed E-state index contributed by atoms with van der Waals surface area (Å²) < 4.78 is 5.38. The molecule has 0 aromatic heterocycles. The molecule has 0 atom stereocenters. The van der Waals surface area contributed by atoms with Gasteiger partial charge in [0.25, 0.3) is 0 Å². The molecule has 5 nitrogen and oxygen atoms in total. The van der Waals surface area contributed by atoms with Crippen LogP contribution in [0.1, 0.15) is 45.6 Å². The van der Waals surface area contributed by atoms with Crippen molar-refractivity contribution >= 4 is 41.5 Å². The van der Waals surface area contributed by atoms with Gasteiger partial charge >= 0.3 is 0 Å². The average molecular weight is 498 g/mol. The Morgan fingerprint density at radius 2 is 1.92 bits per heavy atom. The average Bonchev–Trinajstić information content (AvgIpc) is 2.63. The Morgan fingerprint density at radius 1 is 1.23 bits per heavy atom. The van der Waals surface area contributed by atoms with E-state index in [1.807, 2.05) is 19.1 Å². The molecule has 0 heterocycles. The van der Waals surface area contributed by atoms with Crippen molar-refractivity contribution in [3.8, 4) is 5.75 Å². The molecule has 1 rings (SSSR count). The molecule has 0 fully saturated rings. The van der Waals surface area contributed by atoms with Gasteiger partial charge in [0.15, 0.2) is 5.96 Å². The van der Waals surface area contributed by atoms with Crippen molar-refractivity contribution in [3.63, 3.8) is 0 Å². The molecule has 0 radical (unpaired) electrons. The first-order chi connectivity index (χ1) is 12.0. The smallest absolute Gasteiger partial charge is 0.191 e. The molecular weight excluding hydrogens is 465 g/mol. The van der Waals surface area contributed by atoms with Gasteiger partial charge in [-0.05, 0) is 43.7 Å². The Morgan fingerprint density at radius 3 is 2.46 bits per heavy atom. The first kappa shape index (κ1) is 25.3. The first-order valence-corrected chi connectivity index (χ1v) is 9.37. The van der Waals surface area contributed by atoms with Crippen LogP contribution in [0.2, 0.25) is 5.02 Å². The standard InChI is InChI=1S/C19H32ClN3O2.HI/c1-5-19(6-2,10-11-24)14-23-18(21-7-3)22-13-15-8-9-16(20)12-17(15)25-4;/h8-9,12,24H,5-7,10-11,13-14H2,1-4H3,(H2,21,22,23);1H. The minimum absolute atomic E-state index is 0. The fourth-order valence-corrected chi connectivity index (χ4v) is 2.97. The van der Waals surface area contributed by atoms with Gasteiger partial charge in [-0.3, -0.25) is 0 Å². The van der Waals surface area contributed by atoms with Crippen LogP contribution in [0.15, 0.2) is 23.2 Å². The summed E-state index contributed by atoms with van der Waals surface area (Å²) in [6, 6.07) is 5.57. The van der Waals surface area contributed by atoms with Crippen LogP contribution in [-0.2, 0) is 6.54 Å². The van der Waals surface area contributed by atoms with Crippen LogP contribution in [0.25, 0.3) is 0 Å². The minimum Gasteiger partial charge on any atom is -0.496 e. The highest BCUT2D eigenvalue weighted by Crippen LogP contribution is 2.29. The topological polar surface area (TPSA) is 65.9 Å². The molecular formula is C19H33ClIN3O2. The first-order valence-electron chi connectivity index (χ1n) is 8.99. The van der Waals surface area contributed by atoms with Crippen molar-refractivity contribution in [1.82, 2.24) is 10.6 Å². The summed E-state index contributed by atoms with van der Waals surface area (Å²) in [6.45, 7) is 8.66. The molecule has 0 amide bonds. The number of guanidine groups is 1. The van der Waals surface area contributed by atoms with E-state index >= 15 is 0 Å². The Hall–Kier alpha value is -0.730. The largest absolute Gasteiger partial charge is 0.496 e. The molecule has 1 aromatic carbocycles. The van der Waals surface area contributed by atoms with Crippen molar-refractivity contribution in [2.24, 2.45) is 10.4 Å². The van der Waals surface area contributed by atoms with Gasteiger partial charge in [0, 0.05) is 30.3 Å². The van der Waals surface area contributed by atoms with Crippen molar-refractivity contribution < 1.29 is 9.84 Å². The Kier molecular flexibility index (Phi) is 13.1. The quantitative estimate of drug-likeness (QED) is 0.257. The molecule has 0 bridgehead atoms. The number of ether oxygens (including phenoxy) is 1. The second-order valence-electron chi connectivity index (χ2n) is 6.19. The van der Waals surface area contributed by atoms with E-state index in [-0.39, 0.29) is 36.0 Å². The van der Waals surface area contributed by atoms with Crippen molar-refractivity contribution in [1.29, 1.82) is 0 Å². The van der Waals surface area contributed by atoms with Crippen LogP contribution >= 0.6 is 35.6 Å². The summed E-state index contributed by atoms with van der Waals surface area (Å²) in [5.74, 6) is 1.51. The number of benzene rings is 1. The number of halogens is 2. The zero-order valence-corrected chi connectivity index (χ0v) is 19.4. The summed E-state index contributed by atoms with van der Waals surface area (Å²) in [5.41, 5.74) is 1.07. The number of nitrogens with one attached hydrogen (secondary N) is 2. The van der Waals surface area contributed by atoms with Gasteiger partial charge in [0.2, 0.25) is 0 Å². The lowest BCUT2D eigenvalue weighted by molar-refractivity contribution is 0.169. The third kappa shape index (κ3) is 7.88. The van der Waals surface area contributed by atoms with Crippen molar-refractivity contribution in [2.75, 3.05) is 26.8 Å². The van der Waals surface area contributed by atoms with Crippen molar-refractivity contribution in [3.05, 3.63) is 28.8 Å². The van der Waals surface area contributed by atoms with Crippen LogP contribution in [0.5, 0.6) is 5.75 Å². The summed E-state index contributed by atoms with van der Waals surface area (Å²) in [6.07, 6.45) is 2.82. The minimum atomic E-state index is 0. The van der Waals surface area contributed by atoms with E-state index < -0.39 is 0 Å². The lowest BCUT2D eigenvalue weighted by Crippen LogP contribution is -2.43. The fraction of sp³-hybridized carbons (Fsp3) is 0.632. The summed E-state index contributed by atoms with van der Waals surface area (Å²) in [7, 11) is 1.63. The van der Waals surface area contributed by atoms with E-state index in [2.05, 4.69) is 29.5 Å². The SMILES string of the molecule is CCNC(=NCc1ccc(Cl)cc1OC)NCC(CC)(CC)CCO.I. The van der Waals surface area contributed by atoms with Crippen LogP contribution in [0, 0.1) is 5.41 Å². The molecule has 0 aliphatic carbocycles. The number of nitrogens with zero attached hydrogens (tertiary/aromatic N) is 1. The summed E-state index contributed by atoms with van der Waals surface area (Å²) >= 11 is 6.01. The third-order valence-electron chi connectivity index (χ3n) is 4.77. The van der Waals surface area contributed by atoms with Crippen LogP contribution < -0.4 is 15.4 Å². The molecule has 0 aliphatic rings. The molecule has 7 heteroatoms. The lowest BCUT2D eigenvalue weighted by Gasteiger charge is -2.32. The second kappa shape index (κ2) is 13.4. The maximum Gasteiger partial charge on any atom is 0.191 e. The van der Waals surface area contributed by atoms with E-state index in [0.717, 1.165) is 49.6 Å². The Bertz CT molecular complexity index is 552. The van der Waals surface area contributed by atoms with Crippen LogP contribution in [0.4, 0.5) is 0 Å². The van der Waals surface area contributed by atoms with E-state index in [9.17, 15) is 5.11 Å². The van der Waals surface area contributed by atoms with E-state index in [1.165, 1.54) is 0 Å². The number of aliphatic imine (C=N–C) groups is 1. The molecule has 0 spiro atoms. The lowest BCUT2D eigenvalue weighted by atomic mass is 9.79. The second-order valence-corrected chi connectivity index (χ2v) is 6.62. The fourth-order valence-electron chi connectivity index (χ4n) is 2.81.